The molecule has 1 aromatic carbocycles. The molecule has 1 aliphatic heterocycles. The minimum atomic E-state index is 0.767. The number of hydrogen-bond donors (Lipinski definition) is 0. The summed E-state index contributed by atoms with van der Waals surface area (Å²) in [5.41, 5.74) is 3.64. The van der Waals surface area contributed by atoms with Gasteiger partial charge in [0.25, 0.3) is 0 Å². The Kier molecular flexibility index (Phi) is 5.84. The van der Waals surface area contributed by atoms with Gasteiger partial charge in [0.1, 0.15) is 5.01 Å². The fourth-order valence-corrected chi connectivity index (χ4v) is 5.38. The number of benzene rings is 1. The topological polar surface area (TPSA) is 51.1 Å². The zero-order valence-electron chi connectivity index (χ0n) is 14.6. The van der Waals surface area contributed by atoms with Crippen molar-refractivity contribution in [1.29, 1.82) is 0 Å². The number of hydrogen-bond acceptors (Lipinski definition) is 8. The zero-order chi connectivity index (χ0) is 17.8. The first kappa shape index (κ1) is 17.9. The Hall–Kier alpha value is -1.48. The molecule has 0 atom stereocenters. The number of aryl methyl sites for hydroxylation is 1. The predicted molar refractivity (Wildman–Crippen MR) is 109 cm³/mol. The third kappa shape index (κ3) is 4.25. The van der Waals surface area contributed by atoms with Crippen molar-refractivity contribution in [2.75, 3.05) is 31.2 Å². The molecule has 3 aromatic rings. The maximum Gasteiger partial charge on any atom is 0.209 e. The van der Waals surface area contributed by atoms with E-state index >= 15 is 0 Å². The average Bonchev–Trinajstić information content (AvgIpc) is 3.37. The maximum atomic E-state index is 5.39. The second-order valence-corrected chi connectivity index (χ2v) is 8.97. The Morgan fingerprint density at radius 2 is 1.96 bits per heavy atom. The Balaban J connectivity index is 1.36. The summed E-state index contributed by atoms with van der Waals surface area (Å²) in [5, 5.41) is 12.8. The molecular formula is C18H20N4OS3. The molecule has 1 aliphatic rings. The molecule has 8 heteroatoms. The molecule has 136 valence electrons. The Bertz CT molecular complexity index is 840. The van der Waals surface area contributed by atoms with Crippen LogP contribution in [0.4, 0.5) is 5.13 Å². The quantitative estimate of drug-likeness (QED) is 0.569. The highest BCUT2D eigenvalue weighted by atomic mass is 32.2. The number of ether oxygens (including phenoxy) is 1. The van der Waals surface area contributed by atoms with E-state index in [9.17, 15) is 0 Å². The number of anilines is 1. The van der Waals surface area contributed by atoms with Crippen LogP contribution < -0.4 is 4.90 Å². The van der Waals surface area contributed by atoms with Crippen molar-refractivity contribution >= 4 is 39.6 Å². The Morgan fingerprint density at radius 3 is 2.73 bits per heavy atom. The van der Waals surface area contributed by atoms with Gasteiger partial charge in [-0.15, -0.1) is 21.5 Å². The van der Waals surface area contributed by atoms with Gasteiger partial charge in [0.2, 0.25) is 5.13 Å². The van der Waals surface area contributed by atoms with Crippen molar-refractivity contribution in [3.63, 3.8) is 0 Å². The van der Waals surface area contributed by atoms with Crippen LogP contribution in [0.15, 0.2) is 34.0 Å². The van der Waals surface area contributed by atoms with E-state index in [1.165, 1.54) is 11.1 Å². The standard InChI is InChI=1S/C18H20N4OS3/c1-2-13-3-5-14(6-4-13)16-19-15(11-24-16)12-25-18-21-20-17(26-18)22-7-9-23-10-8-22/h3-6,11H,2,7-10,12H2,1H3. The number of rotatable bonds is 6. The Labute approximate surface area is 165 Å². The van der Waals surface area contributed by atoms with E-state index in [-0.39, 0.29) is 0 Å². The van der Waals surface area contributed by atoms with Crippen LogP contribution in [-0.2, 0) is 16.9 Å². The fourth-order valence-electron chi connectivity index (χ4n) is 2.67. The molecule has 26 heavy (non-hydrogen) atoms. The lowest BCUT2D eigenvalue weighted by molar-refractivity contribution is 0.122. The number of thioether (sulfide) groups is 1. The lowest BCUT2D eigenvalue weighted by Gasteiger charge is -2.25. The fraction of sp³-hybridized carbons (Fsp3) is 0.389. The van der Waals surface area contributed by atoms with Gasteiger partial charge in [-0.1, -0.05) is 54.3 Å². The molecule has 1 saturated heterocycles. The molecular weight excluding hydrogens is 384 g/mol. The largest absolute Gasteiger partial charge is 0.378 e. The molecule has 3 heterocycles. The normalized spacial score (nSPS) is 14.7. The molecule has 1 fully saturated rings. The highest BCUT2D eigenvalue weighted by Gasteiger charge is 2.16. The van der Waals surface area contributed by atoms with Crippen LogP contribution in [0.2, 0.25) is 0 Å². The smallest absolute Gasteiger partial charge is 0.209 e. The third-order valence-electron chi connectivity index (χ3n) is 4.18. The van der Waals surface area contributed by atoms with E-state index in [2.05, 4.69) is 51.7 Å². The van der Waals surface area contributed by atoms with Crippen LogP contribution in [0.1, 0.15) is 18.2 Å². The van der Waals surface area contributed by atoms with Crippen molar-refractivity contribution in [2.45, 2.75) is 23.4 Å². The summed E-state index contributed by atoms with van der Waals surface area (Å²) in [5.74, 6) is 0.821. The van der Waals surface area contributed by atoms with Crippen LogP contribution in [-0.4, -0.2) is 41.5 Å². The highest BCUT2D eigenvalue weighted by Crippen LogP contribution is 2.32. The van der Waals surface area contributed by atoms with E-state index in [1.807, 2.05) is 0 Å². The molecule has 0 unspecified atom stereocenters. The summed E-state index contributed by atoms with van der Waals surface area (Å²) >= 11 is 5.06. The van der Waals surface area contributed by atoms with Crippen LogP contribution in [0.25, 0.3) is 10.6 Å². The summed E-state index contributed by atoms with van der Waals surface area (Å²) < 4.78 is 6.38. The van der Waals surface area contributed by atoms with Gasteiger partial charge < -0.3 is 9.64 Å². The molecule has 0 radical (unpaired) electrons. The minimum Gasteiger partial charge on any atom is -0.378 e. The lowest BCUT2D eigenvalue weighted by Crippen LogP contribution is -2.36. The van der Waals surface area contributed by atoms with Crippen molar-refractivity contribution in [3.8, 4) is 10.6 Å². The average molecular weight is 405 g/mol. The number of thiazole rings is 1. The first-order valence-corrected chi connectivity index (χ1v) is 11.3. The van der Waals surface area contributed by atoms with Gasteiger partial charge in [-0.25, -0.2) is 4.98 Å². The van der Waals surface area contributed by atoms with Crippen molar-refractivity contribution in [1.82, 2.24) is 15.2 Å². The van der Waals surface area contributed by atoms with Crippen LogP contribution in [0.5, 0.6) is 0 Å². The van der Waals surface area contributed by atoms with Gasteiger partial charge in [0.05, 0.1) is 18.9 Å². The van der Waals surface area contributed by atoms with E-state index in [0.717, 1.165) is 58.6 Å². The van der Waals surface area contributed by atoms with Crippen LogP contribution >= 0.6 is 34.4 Å². The third-order valence-corrected chi connectivity index (χ3v) is 7.27. The lowest BCUT2D eigenvalue weighted by atomic mass is 10.1. The number of nitrogens with zero attached hydrogens (tertiary/aromatic N) is 4. The number of aromatic nitrogens is 3. The van der Waals surface area contributed by atoms with Gasteiger partial charge in [-0.3, -0.25) is 0 Å². The van der Waals surface area contributed by atoms with Gasteiger partial charge in [0, 0.05) is 29.8 Å². The van der Waals surface area contributed by atoms with Gasteiger partial charge in [0.15, 0.2) is 4.34 Å². The summed E-state index contributed by atoms with van der Waals surface area (Å²) in [7, 11) is 0. The van der Waals surface area contributed by atoms with Crippen LogP contribution in [0, 0.1) is 0 Å². The highest BCUT2D eigenvalue weighted by molar-refractivity contribution is 8.00. The number of morpholine rings is 1. The van der Waals surface area contributed by atoms with Crippen molar-refractivity contribution < 1.29 is 4.74 Å². The summed E-state index contributed by atoms with van der Waals surface area (Å²) in [6.45, 7) is 5.49. The van der Waals surface area contributed by atoms with Gasteiger partial charge >= 0.3 is 0 Å². The van der Waals surface area contributed by atoms with Crippen molar-refractivity contribution in [2.24, 2.45) is 0 Å². The van der Waals surface area contributed by atoms with Crippen LogP contribution in [0.3, 0.4) is 0 Å². The van der Waals surface area contributed by atoms with E-state index in [4.69, 9.17) is 9.72 Å². The molecule has 0 saturated carbocycles. The SMILES string of the molecule is CCc1ccc(-c2nc(CSc3nnc(N4CCOCC4)s3)cs2)cc1. The second kappa shape index (κ2) is 8.47. The molecule has 4 rings (SSSR count). The molecule has 5 nitrogen and oxygen atoms in total. The summed E-state index contributed by atoms with van der Waals surface area (Å²) in [4.78, 5) is 7.02. The summed E-state index contributed by atoms with van der Waals surface area (Å²) in [6.07, 6.45) is 1.06. The molecule has 0 amide bonds. The second-order valence-electron chi connectivity index (χ2n) is 5.93. The predicted octanol–water partition coefficient (Wildman–Crippen LogP) is 4.35. The first-order valence-electron chi connectivity index (χ1n) is 8.64. The first-order chi connectivity index (χ1) is 12.8. The minimum absolute atomic E-state index is 0.767. The maximum absolute atomic E-state index is 5.39. The Morgan fingerprint density at radius 1 is 1.15 bits per heavy atom. The zero-order valence-corrected chi connectivity index (χ0v) is 17.0. The molecule has 2 aromatic heterocycles. The molecule has 0 bridgehead atoms. The molecule has 0 N–H and O–H groups in total. The monoisotopic (exact) mass is 404 g/mol. The summed E-state index contributed by atoms with van der Waals surface area (Å²) in [6, 6.07) is 8.68. The van der Waals surface area contributed by atoms with E-state index in [0.29, 0.717) is 0 Å². The van der Waals surface area contributed by atoms with E-state index in [1.54, 1.807) is 34.4 Å². The van der Waals surface area contributed by atoms with Gasteiger partial charge in [-0.05, 0) is 12.0 Å². The molecule has 0 spiro atoms. The van der Waals surface area contributed by atoms with Gasteiger partial charge in [-0.2, -0.15) is 0 Å². The molecule has 0 aliphatic carbocycles. The van der Waals surface area contributed by atoms with E-state index < -0.39 is 0 Å². The van der Waals surface area contributed by atoms with Crippen molar-refractivity contribution in [3.05, 3.63) is 40.9 Å².